The lowest BCUT2D eigenvalue weighted by Gasteiger charge is -2.24. The van der Waals surface area contributed by atoms with Crippen LogP contribution in [0.5, 0.6) is 0 Å². The molecule has 0 heterocycles. The van der Waals surface area contributed by atoms with Gasteiger partial charge in [-0.2, -0.15) is 0 Å². The fourth-order valence-corrected chi connectivity index (χ4v) is 7.04. The zero-order chi connectivity index (χ0) is 43.1. The van der Waals surface area contributed by atoms with Crippen LogP contribution in [0.3, 0.4) is 0 Å². The molecule has 0 saturated carbocycles. The lowest BCUT2D eigenvalue weighted by Crippen LogP contribution is -2.46. The van der Waals surface area contributed by atoms with Crippen molar-refractivity contribution in [2.45, 2.75) is 244 Å². The van der Waals surface area contributed by atoms with Crippen LogP contribution in [0.2, 0.25) is 0 Å². The molecular formula is C53H93NO5. The van der Waals surface area contributed by atoms with Gasteiger partial charge in [0.2, 0.25) is 5.91 Å². The van der Waals surface area contributed by atoms with Crippen molar-refractivity contribution >= 4 is 11.9 Å². The Hall–Kier alpha value is -2.70. The van der Waals surface area contributed by atoms with E-state index in [1.165, 1.54) is 64.2 Å². The molecule has 0 radical (unpaired) electrons. The summed E-state index contributed by atoms with van der Waals surface area (Å²) in [5.74, 6) is -0.526. The Bertz CT molecular complexity index is 1110. The summed E-state index contributed by atoms with van der Waals surface area (Å²) in [4.78, 5) is 26.1. The Kier molecular flexibility index (Phi) is 44.2. The molecule has 0 aliphatic rings. The number of rotatable bonds is 43. The van der Waals surface area contributed by atoms with Crippen molar-refractivity contribution < 1.29 is 24.5 Å². The Balaban J connectivity index is 4.67. The number of nitrogens with one attached hydrogen (secondary N) is 1. The summed E-state index contributed by atoms with van der Waals surface area (Å²) in [7, 11) is 0. The number of carbonyl (C=O) groups excluding carboxylic acids is 2. The molecule has 0 aliphatic heterocycles. The third-order valence-corrected chi connectivity index (χ3v) is 10.8. The molecule has 0 rings (SSSR count). The quantitative estimate of drug-likeness (QED) is 0.0323. The van der Waals surface area contributed by atoms with E-state index in [0.717, 1.165) is 116 Å². The molecule has 0 aliphatic carbocycles. The number of carbonyl (C=O) groups is 2. The largest absolute Gasteiger partial charge is 0.462 e. The van der Waals surface area contributed by atoms with E-state index in [0.29, 0.717) is 19.3 Å². The summed E-state index contributed by atoms with van der Waals surface area (Å²) < 4.78 is 5.90. The minimum absolute atomic E-state index is 0.0504. The van der Waals surface area contributed by atoms with E-state index in [2.05, 4.69) is 99.0 Å². The first-order valence-corrected chi connectivity index (χ1v) is 24.7. The van der Waals surface area contributed by atoms with E-state index < -0.39 is 18.2 Å². The summed E-state index contributed by atoms with van der Waals surface area (Å²) in [5.41, 5.74) is 0. The standard InChI is InChI=1S/C53H93NO5/c1-4-7-10-13-16-19-21-23-25-26-27-29-31-34-37-40-43-46-53(58)59-49(44-41-38-35-33-30-28-24-22-20-17-14-11-8-5-2)47-52(57)54-50(48-55)51(56)45-42-39-36-32-18-15-12-9-6-3/h8,11,16-17,19-20,23-25,27-29,49-51,55-56H,4-7,9-10,12-15,18,21-22,26,30-48H2,1-3H3,(H,54,57)/b11-8+,19-16-,20-17+,25-23-,28-24+,29-27-. The number of aliphatic hydroxyl groups is 2. The first kappa shape index (κ1) is 56.3. The minimum Gasteiger partial charge on any atom is -0.462 e. The molecule has 6 heteroatoms. The van der Waals surface area contributed by atoms with E-state index in [-0.39, 0.29) is 24.9 Å². The number of amides is 1. The second-order valence-corrected chi connectivity index (χ2v) is 16.5. The highest BCUT2D eigenvalue weighted by Crippen LogP contribution is 2.17. The van der Waals surface area contributed by atoms with Crippen molar-refractivity contribution in [3.05, 3.63) is 72.9 Å². The first-order chi connectivity index (χ1) is 29.0. The number of hydrogen-bond donors (Lipinski definition) is 3. The molecule has 0 spiro atoms. The van der Waals surface area contributed by atoms with Crippen LogP contribution in [0.15, 0.2) is 72.9 Å². The normalized spacial score (nSPS) is 13.9. The van der Waals surface area contributed by atoms with Gasteiger partial charge in [0.15, 0.2) is 0 Å². The molecule has 6 nitrogen and oxygen atoms in total. The van der Waals surface area contributed by atoms with Gasteiger partial charge >= 0.3 is 5.97 Å². The zero-order valence-corrected chi connectivity index (χ0v) is 38.6. The third kappa shape index (κ3) is 41.8. The SMILES string of the molecule is CC/C=C/C/C=C/C/C=C/CCCCCCC(CC(=O)NC(CO)C(O)CCCCCCCCCCC)OC(=O)CCCCCC/C=C\C/C=C\C/C=C\CCCCC. The Morgan fingerprint density at radius 2 is 0.915 bits per heavy atom. The highest BCUT2D eigenvalue weighted by molar-refractivity contribution is 5.77. The Labute approximate surface area is 364 Å². The van der Waals surface area contributed by atoms with Crippen LogP contribution < -0.4 is 5.32 Å². The maximum atomic E-state index is 13.2. The van der Waals surface area contributed by atoms with Gasteiger partial charge in [0, 0.05) is 6.42 Å². The first-order valence-electron chi connectivity index (χ1n) is 24.7. The van der Waals surface area contributed by atoms with Gasteiger partial charge in [0.1, 0.15) is 6.10 Å². The van der Waals surface area contributed by atoms with Crippen molar-refractivity contribution in [1.29, 1.82) is 0 Å². The number of esters is 1. The van der Waals surface area contributed by atoms with Gasteiger partial charge in [-0.05, 0) is 96.3 Å². The second kappa shape index (κ2) is 46.4. The number of unbranched alkanes of at least 4 members (excludes halogenated alkanes) is 19. The van der Waals surface area contributed by atoms with Crippen molar-refractivity contribution in [2.24, 2.45) is 0 Å². The van der Waals surface area contributed by atoms with E-state index in [9.17, 15) is 19.8 Å². The monoisotopic (exact) mass is 824 g/mol. The maximum Gasteiger partial charge on any atom is 0.306 e. The number of hydrogen-bond acceptors (Lipinski definition) is 5. The summed E-state index contributed by atoms with van der Waals surface area (Å²) in [6.07, 6.45) is 58.2. The molecule has 0 aromatic heterocycles. The van der Waals surface area contributed by atoms with Gasteiger partial charge < -0.3 is 20.3 Å². The van der Waals surface area contributed by atoms with Crippen molar-refractivity contribution in [1.82, 2.24) is 5.32 Å². The molecule has 3 unspecified atom stereocenters. The number of allylic oxidation sites excluding steroid dienone is 12. The highest BCUT2D eigenvalue weighted by Gasteiger charge is 2.24. The molecule has 340 valence electrons. The summed E-state index contributed by atoms with van der Waals surface area (Å²) >= 11 is 0. The Morgan fingerprint density at radius 1 is 0.508 bits per heavy atom. The molecule has 0 aromatic carbocycles. The van der Waals surface area contributed by atoms with E-state index in [4.69, 9.17) is 4.74 Å². The van der Waals surface area contributed by atoms with Gasteiger partial charge in [-0.1, -0.05) is 190 Å². The van der Waals surface area contributed by atoms with Crippen LogP contribution in [-0.4, -0.2) is 46.9 Å². The van der Waals surface area contributed by atoms with Gasteiger partial charge in [-0.15, -0.1) is 0 Å². The van der Waals surface area contributed by atoms with Gasteiger partial charge in [-0.3, -0.25) is 9.59 Å². The number of ether oxygens (including phenoxy) is 1. The molecule has 0 fully saturated rings. The van der Waals surface area contributed by atoms with Crippen molar-refractivity contribution in [2.75, 3.05) is 6.61 Å². The fourth-order valence-electron chi connectivity index (χ4n) is 7.04. The third-order valence-electron chi connectivity index (χ3n) is 10.8. The minimum atomic E-state index is -0.799. The smallest absolute Gasteiger partial charge is 0.306 e. The summed E-state index contributed by atoms with van der Waals surface area (Å²) in [6, 6.07) is -0.715. The zero-order valence-electron chi connectivity index (χ0n) is 38.6. The van der Waals surface area contributed by atoms with E-state index in [1.54, 1.807) is 0 Å². The summed E-state index contributed by atoms with van der Waals surface area (Å²) in [6.45, 7) is 6.30. The highest BCUT2D eigenvalue weighted by atomic mass is 16.5. The van der Waals surface area contributed by atoms with E-state index in [1.807, 2.05) is 0 Å². The number of aliphatic hydroxyl groups excluding tert-OH is 2. The van der Waals surface area contributed by atoms with Gasteiger partial charge in [0.25, 0.3) is 0 Å². The van der Waals surface area contributed by atoms with Crippen molar-refractivity contribution in [3.8, 4) is 0 Å². The Morgan fingerprint density at radius 3 is 1.42 bits per heavy atom. The topological polar surface area (TPSA) is 95.9 Å². The molecule has 59 heavy (non-hydrogen) atoms. The molecule has 0 aromatic rings. The van der Waals surface area contributed by atoms with Crippen LogP contribution in [0, 0.1) is 0 Å². The van der Waals surface area contributed by atoms with Crippen LogP contribution in [0.1, 0.15) is 226 Å². The van der Waals surface area contributed by atoms with Crippen LogP contribution in [0.25, 0.3) is 0 Å². The van der Waals surface area contributed by atoms with Crippen LogP contribution in [-0.2, 0) is 14.3 Å². The van der Waals surface area contributed by atoms with Crippen LogP contribution in [0.4, 0.5) is 0 Å². The molecular weight excluding hydrogens is 731 g/mol. The molecule has 0 bridgehead atoms. The fraction of sp³-hybridized carbons (Fsp3) is 0.736. The molecule has 3 atom stereocenters. The van der Waals surface area contributed by atoms with Crippen molar-refractivity contribution in [3.63, 3.8) is 0 Å². The lowest BCUT2D eigenvalue weighted by atomic mass is 10.0. The summed E-state index contributed by atoms with van der Waals surface area (Å²) in [5, 5.41) is 23.6. The van der Waals surface area contributed by atoms with Crippen LogP contribution >= 0.6 is 0 Å². The molecule has 0 saturated heterocycles. The van der Waals surface area contributed by atoms with E-state index >= 15 is 0 Å². The maximum absolute atomic E-state index is 13.2. The molecule has 3 N–H and O–H groups in total. The predicted molar refractivity (Wildman–Crippen MR) is 255 cm³/mol. The second-order valence-electron chi connectivity index (χ2n) is 16.5. The molecule has 1 amide bonds. The average molecular weight is 824 g/mol. The average Bonchev–Trinajstić information content (AvgIpc) is 3.23. The predicted octanol–water partition coefficient (Wildman–Crippen LogP) is 14.6. The lowest BCUT2D eigenvalue weighted by molar-refractivity contribution is -0.151. The van der Waals surface area contributed by atoms with Gasteiger partial charge in [-0.25, -0.2) is 0 Å². The van der Waals surface area contributed by atoms with Gasteiger partial charge in [0.05, 0.1) is 25.2 Å².